The predicted molar refractivity (Wildman–Crippen MR) is 164 cm³/mol. The van der Waals surface area contributed by atoms with Crippen LogP contribution in [0.5, 0.6) is 5.75 Å². The van der Waals surface area contributed by atoms with Gasteiger partial charge in [0.05, 0.1) is 29.7 Å². The van der Waals surface area contributed by atoms with Gasteiger partial charge in [0.2, 0.25) is 0 Å². The van der Waals surface area contributed by atoms with Gasteiger partial charge in [0.1, 0.15) is 17.7 Å². The molecule has 2 unspecified atom stereocenters. The third-order valence-electron chi connectivity index (χ3n) is 9.28. The lowest BCUT2D eigenvalue weighted by Gasteiger charge is -2.33. The molecule has 2 atom stereocenters. The average Bonchev–Trinajstić information content (AvgIpc) is 3.23. The summed E-state index contributed by atoms with van der Waals surface area (Å²) in [4.78, 5) is 24.9. The SMILES string of the molecule is CCCC(C)OC(=O)Nc1ccc(-c2nc(C3CCC(C4CCCN(C)CC4)CC3)n3ccnc(C)c23)cc1OC. The van der Waals surface area contributed by atoms with E-state index in [1.807, 2.05) is 38.2 Å². The predicted octanol–water partition coefficient (Wildman–Crippen LogP) is 7.46. The Labute approximate surface area is 244 Å². The maximum atomic E-state index is 12.5. The molecule has 1 N–H and O–H groups in total. The van der Waals surface area contributed by atoms with Crippen molar-refractivity contribution in [1.29, 1.82) is 0 Å². The summed E-state index contributed by atoms with van der Waals surface area (Å²) in [5, 5.41) is 2.85. The fraction of sp³-hybridized carbons (Fsp3) is 0.606. The molecule has 1 saturated carbocycles. The van der Waals surface area contributed by atoms with Crippen LogP contribution in [0.25, 0.3) is 16.8 Å². The number of carbonyl (C=O) groups excluding carboxylic acids is 1. The molecule has 0 bridgehead atoms. The molecule has 5 rings (SSSR count). The zero-order valence-electron chi connectivity index (χ0n) is 25.5. The molecule has 8 heteroatoms. The first-order valence-corrected chi connectivity index (χ1v) is 15.6. The lowest BCUT2D eigenvalue weighted by Crippen LogP contribution is -2.23. The zero-order chi connectivity index (χ0) is 28.9. The summed E-state index contributed by atoms with van der Waals surface area (Å²) < 4.78 is 13.4. The molecule has 2 fully saturated rings. The minimum Gasteiger partial charge on any atom is -0.495 e. The first kappa shape index (κ1) is 29.4. The van der Waals surface area contributed by atoms with E-state index in [1.54, 1.807) is 7.11 Å². The number of rotatable bonds is 8. The van der Waals surface area contributed by atoms with Crippen LogP contribution < -0.4 is 10.1 Å². The number of methoxy groups -OCH3 is 1. The highest BCUT2D eigenvalue weighted by Crippen LogP contribution is 2.43. The van der Waals surface area contributed by atoms with Crippen molar-refractivity contribution < 1.29 is 14.3 Å². The Morgan fingerprint density at radius 3 is 2.66 bits per heavy atom. The summed E-state index contributed by atoms with van der Waals surface area (Å²) in [5.74, 6) is 3.85. The number of fused-ring (bicyclic) bond motifs is 1. The van der Waals surface area contributed by atoms with E-state index in [2.05, 4.69) is 39.8 Å². The number of anilines is 1. The summed E-state index contributed by atoms with van der Waals surface area (Å²) in [6.45, 7) is 8.51. The maximum absolute atomic E-state index is 12.5. The fourth-order valence-corrected chi connectivity index (χ4v) is 7.02. The van der Waals surface area contributed by atoms with Gasteiger partial charge in [-0.15, -0.1) is 0 Å². The van der Waals surface area contributed by atoms with Gasteiger partial charge < -0.3 is 14.4 Å². The number of hydrogen-bond donors (Lipinski definition) is 1. The topological polar surface area (TPSA) is 81.0 Å². The molecule has 3 aromatic rings. The first-order valence-electron chi connectivity index (χ1n) is 15.6. The Bertz CT molecular complexity index is 1330. The van der Waals surface area contributed by atoms with Crippen LogP contribution in [0.2, 0.25) is 0 Å². The summed E-state index contributed by atoms with van der Waals surface area (Å²) in [5.41, 5.74) is 4.41. The number of nitrogens with one attached hydrogen (secondary N) is 1. The summed E-state index contributed by atoms with van der Waals surface area (Å²) >= 11 is 0. The van der Waals surface area contributed by atoms with Crippen LogP contribution >= 0.6 is 0 Å². The van der Waals surface area contributed by atoms with Gasteiger partial charge in [0.25, 0.3) is 0 Å². The van der Waals surface area contributed by atoms with Gasteiger partial charge in [-0.05, 0) is 109 Å². The second-order valence-electron chi connectivity index (χ2n) is 12.2. The van der Waals surface area contributed by atoms with Gasteiger partial charge >= 0.3 is 6.09 Å². The number of carbonyl (C=O) groups is 1. The van der Waals surface area contributed by atoms with Crippen LogP contribution in [-0.4, -0.2) is 58.7 Å². The van der Waals surface area contributed by atoms with Crippen LogP contribution in [0.15, 0.2) is 30.6 Å². The first-order chi connectivity index (χ1) is 19.9. The molecule has 41 heavy (non-hydrogen) atoms. The average molecular weight is 562 g/mol. The Hall–Kier alpha value is -3.13. The van der Waals surface area contributed by atoms with E-state index in [9.17, 15) is 4.79 Å². The molecule has 1 aliphatic carbocycles. The lowest BCUT2D eigenvalue weighted by molar-refractivity contribution is 0.115. The number of hydrogen-bond acceptors (Lipinski definition) is 6. The molecule has 1 aliphatic heterocycles. The normalized spacial score (nSPS) is 22.7. The number of aryl methyl sites for hydroxylation is 1. The quantitative estimate of drug-likeness (QED) is 0.308. The molecule has 222 valence electrons. The standard InChI is InChI=1S/C33H47N5O3/c1-6-8-22(2)41-33(39)35-28-15-14-27(21-29(28)40-5)30-31-23(3)34-17-20-38(31)32(36-30)26-12-10-25(11-13-26)24-9-7-18-37(4)19-16-24/h14-15,17,20-22,24-26H,6-13,16,18-19H2,1-5H3,(H,35,39). The van der Waals surface area contributed by atoms with Crippen molar-refractivity contribution in [2.24, 2.45) is 11.8 Å². The molecule has 1 amide bonds. The molecule has 8 nitrogen and oxygen atoms in total. The van der Waals surface area contributed by atoms with Crippen molar-refractivity contribution >= 4 is 17.3 Å². The molecular weight excluding hydrogens is 514 g/mol. The van der Waals surface area contributed by atoms with E-state index in [-0.39, 0.29) is 6.10 Å². The van der Waals surface area contributed by atoms with Gasteiger partial charge in [0, 0.05) is 23.9 Å². The van der Waals surface area contributed by atoms with Gasteiger partial charge in [-0.25, -0.2) is 9.78 Å². The summed E-state index contributed by atoms with van der Waals surface area (Å²) in [7, 11) is 3.88. The second-order valence-corrected chi connectivity index (χ2v) is 12.2. The molecule has 3 heterocycles. The third-order valence-corrected chi connectivity index (χ3v) is 9.28. The van der Waals surface area contributed by atoms with Crippen LogP contribution in [0.1, 0.15) is 89.1 Å². The fourth-order valence-electron chi connectivity index (χ4n) is 7.02. The third kappa shape index (κ3) is 6.69. The van der Waals surface area contributed by atoms with Gasteiger partial charge in [-0.1, -0.05) is 19.4 Å². The van der Waals surface area contributed by atoms with Crippen molar-refractivity contribution in [3.8, 4) is 17.0 Å². The zero-order valence-corrected chi connectivity index (χ0v) is 25.5. The van der Waals surface area contributed by atoms with Crippen molar-refractivity contribution in [2.45, 2.75) is 90.6 Å². The molecular formula is C33H47N5O3. The highest BCUT2D eigenvalue weighted by atomic mass is 16.6. The van der Waals surface area contributed by atoms with Gasteiger partial charge in [-0.3, -0.25) is 14.7 Å². The van der Waals surface area contributed by atoms with E-state index >= 15 is 0 Å². The second kappa shape index (κ2) is 13.2. The minimum atomic E-state index is -0.474. The molecule has 2 aliphatic rings. The largest absolute Gasteiger partial charge is 0.495 e. The maximum Gasteiger partial charge on any atom is 0.412 e. The minimum absolute atomic E-state index is 0.139. The lowest BCUT2D eigenvalue weighted by atomic mass is 9.73. The number of aromatic nitrogens is 3. The van der Waals surface area contributed by atoms with E-state index < -0.39 is 6.09 Å². The highest BCUT2D eigenvalue weighted by molar-refractivity contribution is 5.89. The molecule has 0 spiro atoms. The smallest absolute Gasteiger partial charge is 0.412 e. The number of ether oxygens (including phenoxy) is 2. The molecule has 0 radical (unpaired) electrons. The Morgan fingerprint density at radius 1 is 1.12 bits per heavy atom. The van der Waals surface area contributed by atoms with E-state index in [0.717, 1.165) is 53.0 Å². The van der Waals surface area contributed by atoms with E-state index in [4.69, 9.17) is 14.5 Å². The van der Waals surface area contributed by atoms with Crippen molar-refractivity contribution in [3.63, 3.8) is 0 Å². The summed E-state index contributed by atoms with van der Waals surface area (Å²) in [6, 6.07) is 5.81. The van der Waals surface area contributed by atoms with Crippen LogP contribution in [0.3, 0.4) is 0 Å². The number of amides is 1. The van der Waals surface area contributed by atoms with Gasteiger partial charge in [-0.2, -0.15) is 0 Å². The van der Waals surface area contributed by atoms with E-state index in [0.29, 0.717) is 17.4 Å². The Morgan fingerprint density at radius 2 is 1.90 bits per heavy atom. The van der Waals surface area contributed by atoms with Crippen LogP contribution in [0.4, 0.5) is 10.5 Å². The van der Waals surface area contributed by atoms with Crippen molar-refractivity contribution in [2.75, 3.05) is 32.6 Å². The summed E-state index contributed by atoms with van der Waals surface area (Å²) in [6.07, 6.45) is 14.1. The molecule has 1 saturated heterocycles. The number of nitrogens with zero attached hydrogens (tertiary/aromatic N) is 4. The Balaban J connectivity index is 1.37. The molecule has 2 aromatic heterocycles. The monoisotopic (exact) mass is 561 g/mol. The number of benzene rings is 1. The van der Waals surface area contributed by atoms with Crippen molar-refractivity contribution in [1.82, 2.24) is 19.3 Å². The van der Waals surface area contributed by atoms with Crippen LogP contribution in [0, 0.1) is 18.8 Å². The van der Waals surface area contributed by atoms with Crippen molar-refractivity contribution in [3.05, 3.63) is 42.1 Å². The molecule has 1 aromatic carbocycles. The Kier molecular flexibility index (Phi) is 9.48. The van der Waals surface area contributed by atoms with E-state index in [1.165, 1.54) is 58.0 Å². The number of likely N-dealkylation sites (tertiary alicyclic amines) is 1. The highest BCUT2D eigenvalue weighted by Gasteiger charge is 2.32. The number of imidazole rings is 1. The van der Waals surface area contributed by atoms with Gasteiger partial charge in [0.15, 0.2) is 0 Å². The van der Waals surface area contributed by atoms with Crippen LogP contribution in [-0.2, 0) is 4.74 Å².